The van der Waals surface area contributed by atoms with Gasteiger partial charge in [-0.1, -0.05) is 0 Å². The van der Waals surface area contributed by atoms with Crippen molar-refractivity contribution in [3.05, 3.63) is 52.1 Å². The van der Waals surface area contributed by atoms with E-state index in [1.165, 1.54) is 5.16 Å². The zero-order chi connectivity index (χ0) is 21.5. The Morgan fingerprint density at radius 2 is 1.00 bits per heavy atom. The molecular weight excluding hydrogens is 439 g/mol. The number of thiocarbonyl (C=S) groups is 1. The highest BCUT2D eigenvalue weighted by Crippen LogP contribution is 2.42. The number of halogens is 11. The standard InChI is InChI=1S/C14F11NOS/c15-3-2(14(23,24)25)4(16)8(20)12(7(3)19)27-13-9(21)5(17)11(26-1-28)6(18)10(13)22. The first kappa shape index (κ1) is 21.6. The monoisotopic (exact) mass is 439 g/mol. The minimum absolute atomic E-state index is 1.37. The van der Waals surface area contributed by atoms with Crippen LogP contribution < -0.4 is 4.74 Å². The van der Waals surface area contributed by atoms with E-state index < -0.39 is 75.5 Å². The third-order valence-electron chi connectivity index (χ3n) is 3.07. The average Bonchev–Trinajstić information content (AvgIpc) is 2.60. The van der Waals surface area contributed by atoms with Crippen LogP contribution in [0.5, 0.6) is 11.5 Å². The highest BCUT2D eigenvalue weighted by Gasteiger charge is 2.43. The number of ether oxygens (including phenoxy) is 1. The zero-order valence-corrected chi connectivity index (χ0v) is 13.2. The van der Waals surface area contributed by atoms with E-state index in [9.17, 15) is 48.3 Å². The summed E-state index contributed by atoms with van der Waals surface area (Å²) >= 11 is 3.98. The first-order valence-electron chi connectivity index (χ1n) is 6.39. The summed E-state index contributed by atoms with van der Waals surface area (Å²) in [4.78, 5) is 2.66. The Hall–Kier alpha value is -2.73. The Morgan fingerprint density at radius 1 is 0.643 bits per heavy atom. The largest absolute Gasteiger partial charge is 0.444 e. The summed E-state index contributed by atoms with van der Waals surface area (Å²) < 4.78 is 151. The molecule has 0 aliphatic rings. The minimum atomic E-state index is -5.90. The van der Waals surface area contributed by atoms with Crippen LogP contribution in [0.15, 0.2) is 4.99 Å². The van der Waals surface area contributed by atoms with Gasteiger partial charge in [0.15, 0.2) is 29.0 Å². The molecule has 0 fully saturated rings. The fourth-order valence-electron chi connectivity index (χ4n) is 1.89. The van der Waals surface area contributed by atoms with Crippen LogP contribution in [0.3, 0.4) is 0 Å². The molecule has 0 aliphatic carbocycles. The van der Waals surface area contributed by atoms with Crippen LogP contribution in [0, 0.1) is 46.5 Å². The molecule has 0 amide bonds. The highest BCUT2D eigenvalue weighted by atomic mass is 32.1. The molecule has 2 nitrogen and oxygen atoms in total. The van der Waals surface area contributed by atoms with Crippen molar-refractivity contribution in [2.45, 2.75) is 6.18 Å². The van der Waals surface area contributed by atoms with Gasteiger partial charge >= 0.3 is 6.18 Å². The van der Waals surface area contributed by atoms with Crippen LogP contribution in [0.4, 0.5) is 54.0 Å². The van der Waals surface area contributed by atoms with Gasteiger partial charge in [-0.3, -0.25) is 0 Å². The average molecular weight is 439 g/mol. The fourth-order valence-corrected chi connectivity index (χ4v) is 1.98. The summed E-state index contributed by atoms with van der Waals surface area (Å²) in [5, 5.41) is 1.37. The van der Waals surface area contributed by atoms with Crippen LogP contribution in [0.2, 0.25) is 0 Å². The lowest BCUT2D eigenvalue weighted by molar-refractivity contribution is -0.143. The fraction of sp³-hybridized carbons (Fsp3) is 0.0714. The number of alkyl halides is 3. The number of hydrogen-bond acceptors (Lipinski definition) is 3. The van der Waals surface area contributed by atoms with Gasteiger partial charge in [-0.25, -0.2) is 17.6 Å². The van der Waals surface area contributed by atoms with Crippen molar-refractivity contribution in [2.24, 2.45) is 4.99 Å². The molecule has 0 heterocycles. The third-order valence-corrected chi connectivity index (χ3v) is 3.16. The number of rotatable bonds is 3. The van der Waals surface area contributed by atoms with E-state index in [0.29, 0.717) is 0 Å². The number of isothiocyanates is 1. The summed E-state index contributed by atoms with van der Waals surface area (Å²) in [7, 11) is 0. The second-order valence-corrected chi connectivity index (χ2v) is 4.88. The van der Waals surface area contributed by atoms with Crippen molar-refractivity contribution in [1.82, 2.24) is 0 Å². The van der Waals surface area contributed by atoms with Gasteiger partial charge in [0.05, 0.1) is 5.16 Å². The van der Waals surface area contributed by atoms with Crippen molar-refractivity contribution in [3.63, 3.8) is 0 Å². The Kier molecular flexibility index (Phi) is 5.67. The molecule has 0 aromatic heterocycles. The van der Waals surface area contributed by atoms with Crippen molar-refractivity contribution in [2.75, 3.05) is 0 Å². The van der Waals surface area contributed by atoms with E-state index in [4.69, 9.17) is 0 Å². The summed E-state index contributed by atoms with van der Waals surface area (Å²) in [6, 6.07) is 0. The van der Waals surface area contributed by atoms with Gasteiger partial charge in [0.2, 0.25) is 34.8 Å². The lowest BCUT2D eigenvalue weighted by Gasteiger charge is -2.15. The van der Waals surface area contributed by atoms with Gasteiger partial charge < -0.3 is 4.74 Å². The molecule has 0 spiro atoms. The molecule has 28 heavy (non-hydrogen) atoms. The smallest absolute Gasteiger partial charge is 0.422 e. The van der Waals surface area contributed by atoms with Gasteiger partial charge in [0, 0.05) is 0 Å². The van der Waals surface area contributed by atoms with E-state index in [1.807, 2.05) is 0 Å². The molecule has 0 saturated heterocycles. The maximum absolute atomic E-state index is 13.8. The Labute approximate surface area is 151 Å². The van der Waals surface area contributed by atoms with Gasteiger partial charge in [0.25, 0.3) is 0 Å². The first-order chi connectivity index (χ1) is 12.8. The summed E-state index contributed by atoms with van der Waals surface area (Å²) in [5.74, 6) is -26.0. The molecule has 0 atom stereocenters. The maximum Gasteiger partial charge on any atom is 0.422 e. The van der Waals surface area contributed by atoms with E-state index in [0.717, 1.165) is 0 Å². The lowest BCUT2D eigenvalue weighted by Crippen LogP contribution is -2.16. The Balaban J connectivity index is 2.77. The number of hydrogen-bond donors (Lipinski definition) is 0. The molecule has 2 aromatic rings. The van der Waals surface area contributed by atoms with Crippen LogP contribution in [-0.2, 0) is 6.18 Å². The molecule has 0 N–H and O–H groups in total. The van der Waals surface area contributed by atoms with E-state index in [1.54, 1.807) is 0 Å². The molecule has 2 aromatic carbocycles. The molecule has 0 bridgehead atoms. The number of aliphatic imine (C=N–C) groups is 1. The Bertz CT molecular complexity index is 969. The summed E-state index contributed by atoms with van der Waals surface area (Å²) in [6.07, 6.45) is -5.90. The summed E-state index contributed by atoms with van der Waals surface area (Å²) in [6.45, 7) is 0. The predicted molar refractivity (Wildman–Crippen MR) is 72.3 cm³/mol. The number of nitrogens with zero attached hydrogens (tertiary/aromatic N) is 1. The van der Waals surface area contributed by atoms with E-state index in [2.05, 4.69) is 21.9 Å². The van der Waals surface area contributed by atoms with Crippen LogP contribution in [-0.4, -0.2) is 5.16 Å². The van der Waals surface area contributed by atoms with Crippen molar-refractivity contribution >= 4 is 23.1 Å². The van der Waals surface area contributed by atoms with Gasteiger partial charge in [-0.2, -0.15) is 35.7 Å². The molecular formula is C14F11NOS. The van der Waals surface area contributed by atoms with Gasteiger partial charge in [-0.15, -0.1) is 0 Å². The molecule has 2 rings (SSSR count). The van der Waals surface area contributed by atoms with E-state index in [-0.39, 0.29) is 0 Å². The summed E-state index contributed by atoms with van der Waals surface area (Å²) in [5.41, 5.74) is -4.66. The maximum atomic E-state index is 13.8. The van der Waals surface area contributed by atoms with Crippen molar-refractivity contribution in [3.8, 4) is 11.5 Å². The van der Waals surface area contributed by atoms with Crippen LogP contribution in [0.25, 0.3) is 0 Å². The second kappa shape index (κ2) is 7.36. The number of benzene rings is 2. The van der Waals surface area contributed by atoms with Gasteiger partial charge in [0.1, 0.15) is 5.56 Å². The molecule has 0 radical (unpaired) electrons. The second-order valence-electron chi connectivity index (χ2n) is 4.70. The van der Waals surface area contributed by atoms with Crippen molar-refractivity contribution < 1.29 is 53.0 Å². The molecule has 0 saturated carbocycles. The predicted octanol–water partition coefficient (Wildman–Crippen LogP) is 6.34. The third kappa shape index (κ3) is 3.40. The van der Waals surface area contributed by atoms with Crippen LogP contribution >= 0.6 is 12.2 Å². The lowest BCUT2D eigenvalue weighted by atomic mass is 10.1. The highest BCUT2D eigenvalue weighted by molar-refractivity contribution is 7.78. The molecule has 0 unspecified atom stereocenters. The molecule has 150 valence electrons. The van der Waals surface area contributed by atoms with Crippen LogP contribution in [0.1, 0.15) is 5.56 Å². The minimum Gasteiger partial charge on any atom is -0.444 e. The normalized spacial score (nSPS) is 11.4. The molecule has 14 heteroatoms. The molecule has 0 aliphatic heterocycles. The first-order valence-corrected chi connectivity index (χ1v) is 6.80. The van der Waals surface area contributed by atoms with Gasteiger partial charge in [-0.05, 0) is 12.2 Å². The SMILES string of the molecule is Fc1c(F)c(Oc2c(F)c(F)c(C(F)(F)F)c(F)c2F)c(F)c(F)c1N=C=S. The van der Waals surface area contributed by atoms with E-state index >= 15 is 0 Å². The zero-order valence-electron chi connectivity index (χ0n) is 12.4. The van der Waals surface area contributed by atoms with Crippen molar-refractivity contribution in [1.29, 1.82) is 0 Å². The topological polar surface area (TPSA) is 21.6 Å². The Morgan fingerprint density at radius 3 is 1.32 bits per heavy atom. The quantitative estimate of drug-likeness (QED) is 0.241.